The molecule has 2 aliphatic heterocycles. The third kappa shape index (κ3) is 5.27. The summed E-state index contributed by atoms with van der Waals surface area (Å²) in [6.07, 6.45) is 3.44. The monoisotopic (exact) mass is 526 g/mol. The summed E-state index contributed by atoms with van der Waals surface area (Å²) >= 11 is 0. The van der Waals surface area contributed by atoms with Gasteiger partial charge in [-0.2, -0.15) is 4.98 Å². The molecule has 1 aromatic carbocycles. The number of anilines is 4. The lowest BCUT2D eigenvalue weighted by Gasteiger charge is -2.48. The highest BCUT2D eigenvalue weighted by Gasteiger charge is 2.37. The summed E-state index contributed by atoms with van der Waals surface area (Å²) in [6.45, 7) is 8.05. The second kappa shape index (κ2) is 10.5. The number of nitrogens with zero attached hydrogens (tertiary/aromatic N) is 5. The third-order valence-corrected chi connectivity index (χ3v) is 8.48. The number of hydrogen-bond acceptors (Lipinski definition) is 8. The van der Waals surface area contributed by atoms with E-state index in [9.17, 15) is 13.7 Å². The van der Waals surface area contributed by atoms with Gasteiger partial charge in [0.2, 0.25) is 5.95 Å². The van der Waals surface area contributed by atoms with Gasteiger partial charge in [0.15, 0.2) is 0 Å². The van der Waals surface area contributed by atoms with E-state index in [4.69, 9.17) is 4.98 Å². The molecular weight excluding hydrogens is 491 g/mol. The van der Waals surface area contributed by atoms with Gasteiger partial charge in [0.05, 0.1) is 12.6 Å². The fourth-order valence-corrected chi connectivity index (χ4v) is 6.33. The Bertz CT molecular complexity index is 1310. The molecule has 2 N–H and O–H groups in total. The summed E-state index contributed by atoms with van der Waals surface area (Å²) < 4.78 is 25.8. The van der Waals surface area contributed by atoms with Gasteiger partial charge in [-0.25, -0.2) is 14.4 Å². The Hall–Kier alpha value is -2.85. The van der Waals surface area contributed by atoms with Crippen LogP contribution in [0.5, 0.6) is 0 Å². The summed E-state index contributed by atoms with van der Waals surface area (Å²) in [7, 11) is -0.793. The first-order valence-corrected chi connectivity index (χ1v) is 14.6. The normalized spacial score (nSPS) is 24.8. The molecule has 5 rings (SSSR count). The van der Waals surface area contributed by atoms with Crippen LogP contribution in [0.3, 0.4) is 0 Å². The van der Waals surface area contributed by atoms with E-state index >= 15 is 0 Å². The second-order valence-corrected chi connectivity index (χ2v) is 12.0. The van der Waals surface area contributed by atoms with Gasteiger partial charge in [0.25, 0.3) is 0 Å². The number of pyridine rings is 1. The molecule has 8 nitrogen and oxygen atoms in total. The van der Waals surface area contributed by atoms with Gasteiger partial charge in [0.1, 0.15) is 17.8 Å². The van der Waals surface area contributed by atoms with Crippen LogP contribution in [0.25, 0.3) is 10.8 Å². The molecule has 0 radical (unpaired) electrons. The molecule has 0 bridgehead atoms. The molecule has 0 unspecified atom stereocenters. The zero-order chi connectivity index (χ0) is 26.3. The Morgan fingerprint density at radius 1 is 1.19 bits per heavy atom. The zero-order valence-electron chi connectivity index (χ0n) is 21.8. The Balaban J connectivity index is 1.41. The molecule has 37 heavy (non-hydrogen) atoms. The maximum Gasteiger partial charge on any atom is 0.227 e. The Kier molecular flexibility index (Phi) is 7.31. The van der Waals surface area contributed by atoms with Crippen molar-refractivity contribution >= 4 is 44.8 Å². The molecule has 2 saturated heterocycles. The minimum atomic E-state index is -1.31. The number of piperidine rings is 1. The van der Waals surface area contributed by atoms with Crippen molar-refractivity contribution < 1.29 is 13.7 Å². The summed E-state index contributed by atoms with van der Waals surface area (Å²) in [6, 6.07) is 8.54. The number of fused-ring (bicyclic) bond motifs is 1. The number of rotatable bonds is 7. The van der Waals surface area contributed by atoms with Crippen molar-refractivity contribution in [1.82, 2.24) is 15.0 Å². The number of hydrogen-bond donors (Lipinski definition) is 2. The highest BCUT2D eigenvalue weighted by molar-refractivity contribution is 7.84. The number of halogens is 1. The largest absolute Gasteiger partial charge is 0.390 e. The Morgan fingerprint density at radius 3 is 2.70 bits per heavy atom. The first-order chi connectivity index (χ1) is 17.7. The van der Waals surface area contributed by atoms with Crippen molar-refractivity contribution in [2.24, 2.45) is 5.92 Å². The topological polar surface area (TPSA) is 94.5 Å². The van der Waals surface area contributed by atoms with Gasteiger partial charge in [0, 0.05) is 71.3 Å². The summed E-state index contributed by atoms with van der Waals surface area (Å²) in [4.78, 5) is 17.7. The summed E-state index contributed by atoms with van der Waals surface area (Å²) in [5.74, 6) is 3.18. The first kappa shape index (κ1) is 25.8. The lowest BCUT2D eigenvalue weighted by molar-refractivity contribution is 0.0612. The highest BCUT2D eigenvalue weighted by Crippen LogP contribution is 2.39. The van der Waals surface area contributed by atoms with Crippen molar-refractivity contribution in [3.05, 3.63) is 42.2 Å². The van der Waals surface area contributed by atoms with Crippen molar-refractivity contribution in [1.29, 1.82) is 0 Å². The van der Waals surface area contributed by atoms with Crippen LogP contribution in [0, 0.1) is 5.92 Å². The summed E-state index contributed by atoms with van der Waals surface area (Å²) in [5, 5.41) is 15.2. The van der Waals surface area contributed by atoms with Crippen molar-refractivity contribution in [3.8, 4) is 0 Å². The lowest BCUT2D eigenvalue weighted by Crippen LogP contribution is -2.56. The standard InChI is InChI=1S/C27H35FN6O2S/c1-16(2)19-5-6-23(34-13-18(17(34)3)15-37(4)36)21-12-30-26(11-20(19)21)31-25-7-9-29-27(32-25)33-10-8-24(35)22(28)14-33/h5-7,9,11-12,16-18,22,24,35H,8,10,13-15H2,1-4H3,(H,29,30,31,32)/t17-,18-,22+,24-,37+/m1/s1. The van der Waals surface area contributed by atoms with Crippen LogP contribution in [-0.4, -0.2) is 74.2 Å². The van der Waals surface area contributed by atoms with E-state index in [2.05, 4.69) is 59.2 Å². The molecule has 10 heteroatoms. The van der Waals surface area contributed by atoms with Crippen LogP contribution >= 0.6 is 0 Å². The molecule has 0 amide bonds. The number of alkyl halides is 1. The van der Waals surface area contributed by atoms with Crippen LogP contribution in [-0.2, 0) is 10.8 Å². The van der Waals surface area contributed by atoms with E-state index < -0.39 is 23.1 Å². The molecule has 5 atom stereocenters. The number of nitrogens with one attached hydrogen (secondary N) is 1. The Labute approximate surface area is 219 Å². The van der Waals surface area contributed by atoms with Gasteiger partial charge in [-0.1, -0.05) is 19.9 Å². The van der Waals surface area contributed by atoms with Crippen molar-refractivity contribution in [2.75, 3.05) is 46.8 Å². The molecule has 198 valence electrons. The fraction of sp³-hybridized carbons (Fsp3) is 0.519. The minimum absolute atomic E-state index is 0.0727. The third-order valence-electron chi connectivity index (χ3n) is 7.59. The maximum atomic E-state index is 14.0. The van der Waals surface area contributed by atoms with E-state index in [1.54, 1.807) is 23.4 Å². The second-order valence-electron chi connectivity index (χ2n) is 10.5. The van der Waals surface area contributed by atoms with Gasteiger partial charge < -0.3 is 20.2 Å². The molecule has 0 saturated carbocycles. The van der Waals surface area contributed by atoms with Crippen LogP contribution in [0.2, 0.25) is 0 Å². The van der Waals surface area contributed by atoms with Gasteiger partial charge >= 0.3 is 0 Å². The average molecular weight is 527 g/mol. The van der Waals surface area contributed by atoms with Gasteiger partial charge in [-0.05, 0) is 48.4 Å². The van der Waals surface area contributed by atoms with Crippen LogP contribution in [0.4, 0.5) is 27.7 Å². The lowest BCUT2D eigenvalue weighted by atomic mass is 9.88. The van der Waals surface area contributed by atoms with Crippen molar-refractivity contribution in [2.45, 2.75) is 51.4 Å². The van der Waals surface area contributed by atoms with Crippen LogP contribution in [0.1, 0.15) is 38.7 Å². The fourth-order valence-electron chi connectivity index (χ4n) is 5.34. The molecule has 0 spiro atoms. The molecule has 2 aliphatic rings. The van der Waals surface area contributed by atoms with Crippen LogP contribution < -0.4 is 15.1 Å². The average Bonchev–Trinajstić information content (AvgIpc) is 2.87. The smallest absolute Gasteiger partial charge is 0.227 e. The number of aliphatic hydroxyl groups excluding tert-OH is 1. The minimum Gasteiger partial charge on any atom is -0.390 e. The first-order valence-electron chi connectivity index (χ1n) is 12.9. The molecule has 3 aromatic rings. The van der Waals surface area contributed by atoms with Gasteiger partial charge in [-0.3, -0.25) is 4.21 Å². The van der Waals surface area contributed by atoms with E-state index in [0.717, 1.165) is 28.8 Å². The van der Waals surface area contributed by atoms with E-state index in [0.29, 0.717) is 48.4 Å². The Morgan fingerprint density at radius 2 is 2.00 bits per heavy atom. The van der Waals surface area contributed by atoms with E-state index in [1.807, 2.05) is 6.20 Å². The quantitative estimate of drug-likeness (QED) is 0.477. The van der Waals surface area contributed by atoms with E-state index in [-0.39, 0.29) is 6.54 Å². The van der Waals surface area contributed by atoms with Crippen LogP contribution in [0.15, 0.2) is 36.7 Å². The van der Waals surface area contributed by atoms with Gasteiger partial charge in [-0.15, -0.1) is 0 Å². The maximum absolute atomic E-state index is 14.0. The summed E-state index contributed by atoms with van der Waals surface area (Å²) in [5.41, 5.74) is 2.40. The molecule has 2 fully saturated rings. The highest BCUT2D eigenvalue weighted by atomic mass is 32.2. The predicted octanol–water partition coefficient (Wildman–Crippen LogP) is 4.00. The molecular formula is C27H35FN6O2S. The molecule has 0 aliphatic carbocycles. The predicted molar refractivity (Wildman–Crippen MR) is 148 cm³/mol. The number of aliphatic hydroxyl groups is 1. The molecule has 4 heterocycles. The van der Waals surface area contributed by atoms with Crippen molar-refractivity contribution in [3.63, 3.8) is 0 Å². The number of aromatic nitrogens is 3. The van der Waals surface area contributed by atoms with E-state index in [1.165, 1.54) is 5.56 Å². The number of benzene rings is 1. The molecule has 2 aromatic heterocycles. The zero-order valence-corrected chi connectivity index (χ0v) is 22.6. The SMILES string of the molecule is CC(C)c1ccc(N2C[C@H](C[S@](C)=O)[C@H]2C)c2cnc(Nc3ccnc(N4CC[C@@H](O)[C@@H](F)C4)n3)cc12.